The van der Waals surface area contributed by atoms with E-state index >= 15 is 0 Å². The highest BCUT2D eigenvalue weighted by molar-refractivity contribution is 5.93. The summed E-state index contributed by atoms with van der Waals surface area (Å²) < 4.78 is 15.8. The van der Waals surface area contributed by atoms with Crippen LogP contribution < -0.4 is 5.32 Å². The van der Waals surface area contributed by atoms with Gasteiger partial charge in [0.1, 0.15) is 23.9 Å². The van der Waals surface area contributed by atoms with Crippen molar-refractivity contribution in [1.29, 1.82) is 0 Å². The summed E-state index contributed by atoms with van der Waals surface area (Å²) in [7, 11) is 0. The maximum atomic E-state index is 12.8. The minimum atomic E-state index is -0.187. The smallest absolute Gasteiger partial charge is 0.269 e. The second-order valence-electron chi connectivity index (χ2n) is 9.13. The second-order valence-corrected chi connectivity index (χ2v) is 9.13. The van der Waals surface area contributed by atoms with Crippen LogP contribution >= 0.6 is 0 Å². The van der Waals surface area contributed by atoms with E-state index < -0.39 is 0 Å². The molecule has 4 heterocycles. The molecule has 4 atom stereocenters. The molecule has 3 fully saturated rings. The van der Waals surface area contributed by atoms with Gasteiger partial charge in [-0.25, -0.2) is 4.68 Å². The first kappa shape index (κ1) is 20.6. The summed E-state index contributed by atoms with van der Waals surface area (Å²) in [5.74, 6) is 0.591. The van der Waals surface area contributed by atoms with Crippen molar-refractivity contribution < 1.29 is 14.3 Å². The fraction of sp³-hybridized carbons (Fsp3) is 0.727. The van der Waals surface area contributed by atoms with E-state index in [1.165, 1.54) is 32.1 Å². The number of nitrogens with one attached hydrogen (secondary N) is 1. The Labute approximate surface area is 182 Å². The molecule has 5 rings (SSSR count). The molecule has 168 valence electrons. The third-order valence-electron chi connectivity index (χ3n) is 6.90. The molecule has 0 unspecified atom stereocenters. The standard InChI is InChI=1S/C22H32N6O3/c1-3-27-18(9-14(2)25-27)22(29)23-17-12-30-21-19(13-31-20(17)21)28-11-16(24-26-28)10-15-7-5-4-6-8-15/h9,11,15,17,19-21H,3-8,10,12-13H2,1-2H3,(H,23,29)/t17-,19-,20+,21+/m0/s1. The Bertz CT molecular complexity index is 918. The molecule has 2 aliphatic heterocycles. The Balaban J connectivity index is 1.21. The molecule has 0 spiro atoms. The zero-order valence-electron chi connectivity index (χ0n) is 18.4. The number of carbonyl (C=O) groups is 1. The second kappa shape index (κ2) is 8.70. The third kappa shape index (κ3) is 4.13. The highest BCUT2D eigenvalue weighted by atomic mass is 16.6. The number of rotatable bonds is 6. The summed E-state index contributed by atoms with van der Waals surface area (Å²) in [6.07, 6.45) is 9.37. The average molecular weight is 429 g/mol. The lowest BCUT2D eigenvalue weighted by molar-refractivity contribution is 0.0613. The van der Waals surface area contributed by atoms with Crippen LogP contribution in [0.4, 0.5) is 0 Å². The minimum Gasteiger partial charge on any atom is -0.371 e. The summed E-state index contributed by atoms with van der Waals surface area (Å²) in [4.78, 5) is 12.8. The highest BCUT2D eigenvalue weighted by Crippen LogP contribution is 2.34. The molecule has 0 radical (unpaired) electrons. The van der Waals surface area contributed by atoms with Crippen LogP contribution in [-0.2, 0) is 22.4 Å². The maximum absolute atomic E-state index is 12.8. The number of hydrogen-bond acceptors (Lipinski definition) is 6. The van der Waals surface area contributed by atoms with E-state index in [1.54, 1.807) is 4.68 Å². The predicted octanol–water partition coefficient (Wildman–Crippen LogP) is 2.06. The molecule has 1 aliphatic carbocycles. The number of aryl methyl sites for hydroxylation is 2. The van der Waals surface area contributed by atoms with Gasteiger partial charge in [-0.3, -0.25) is 9.48 Å². The molecule has 9 nitrogen and oxygen atoms in total. The molecule has 1 saturated carbocycles. The Morgan fingerprint density at radius 1 is 1.19 bits per heavy atom. The third-order valence-corrected chi connectivity index (χ3v) is 6.90. The lowest BCUT2D eigenvalue weighted by Crippen LogP contribution is -2.44. The number of amides is 1. The molecule has 9 heteroatoms. The Morgan fingerprint density at radius 3 is 2.81 bits per heavy atom. The van der Waals surface area contributed by atoms with E-state index in [2.05, 4.69) is 26.9 Å². The average Bonchev–Trinajstić information content (AvgIpc) is 3.54. The lowest BCUT2D eigenvalue weighted by atomic mass is 9.86. The summed E-state index contributed by atoms with van der Waals surface area (Å²) in [6.45, 7) is 5.46. The van der Waals surface area contributed by atoms with Gasteiger partial charge in [0, 0.05) is 12.7 Å². The number of hydrogen-bond donors (Lipinski definition) is 1. The summed E-state index contributed by atoms with van der Waals surface area (Å²) >= 11 is 0. The summed E-state index contributed by atoms with van der Waals surface area (Å²) in [5, 5.41) is 16.3. The molecule has 3 aliphatic rings. The van der Waals surface area contributed by atoms with Crippen LogP contribution in [0.25, 0.3) is 0 Å². The van der Waals surface area contributed by atoms with Crippen molar-refractivity contribution in [3.8, 4) is 0 Å². The number of ether oxygens (including phenoxy) is 2. The molecule has 0 aromatic carbocycles. The van der Waals surface area contributed by atoms with Crippen LogP contribution in [0.15, 0.2) is 12.3 Å². The van der Waals surface area contributed by atoms with Crippen molar-refractivity contribution in [2.24, 2.45) is 5.92 Å². The van der Waals surface area contributed by atoms with Crippen LogP contribution in [0.5, 0.6) is 0 Å². The molecule has 0 bridgehead atoms. The van der Waals surface area contributed by atoms with E-state index in [9.17, 15) is 4.79 Å². The SMILES string of the molecule is CCn1nc(C)cc1C(=O)N[C@H]1CO[C@H]2[C@@H]1OC[C@@H]2n1cc(CC2CCCCC2)nn1. The normalized spacial score (nSPS) is 28.7. The van der Waals surface area contributed by atoms with E-state index in [0.717, 1.165) is 23.7 Å². The molecule has 1 amide bonds. The van der Waals surface area contributed by atoms with Gasteiger partial charge in [0.15, 0.2) is 0 Å². The van der Waals surface area contributed by atoms with Gasteiger partial charge in [0.05, 0.1) is 30.6 Å². The first-order valence-electron chi connectivity index (χ1n) is 11.6. The van der Waals surface area contributed by atoms with Crippen molar-refractivity contribution >= 4 is 5.91 Å². The Morgan fingerprint density at radius 2 is 2.00 bits per heavy atom. The zero-order chi connectivity index (χ0) is 21.4. The van der Waals surface area contributed by atoms with E-state index in [4.69, 9.17) is 9.47 Å². The molecule has 1 N–H and O–H groups in total. The van der Waals surface area contributed by atoms with Crippen LogP contribution in [-0.4, -0.2) is 62.1 Å². The van der Waals surface area contributed by atoms with E-state index in [-0.39, 0.29) is 30.2 Å². The van der Waals surface area contributed by atoms with E-state index in [0.29, 0.717) is 25.5 Å². The summed E-state index contributed by atoms with van der Waals surface area (Å²) in [5.41, 5.74) is 2.46. The van der Waals surface area contributed by atoms with Crippen LogP contribution in [0, 0.1) is 12.8 Å². The van der Waals surface area contributed by atoms with Crippen LogP contribution in [0.1, 0.15) is 66.9 Å². The van der Waals surface area contributed by atoms with Crippen molar-refractivity contribution in [2.45, 2.75) is 83.2 Å². The monoisotopic (exact) mass is 428 g/mol. The Hall–Kier alpha value is -2.26. The van der Waals surface area contributed by atoms with E-state index in [1.807, 2.05) is 24.6 Å². The lowest BCUT2D eigenvalue weighted by Gasteiger charge is -2.20. The predicted molar refractivity (Wildman–Crippen MR) is 113 cm³/mol. The summed E-state index contributed by atoms with van der Waals surface area (Å²) in [6, 6.07) is 1.62. The molecular formula is C22H32N6O3. The largest absolute Gasteiger partial charge is 0.371 e. The van der Waals surface area contributed by atoms with Gasteiger partial charge in [0.25, 0.3) is 5.91 Å². The topological polar surface area (TPSA) is 96.1 Å². The minimum absolute atomic E-state index is 0.0112. The zero-order valence-corrected chi connectivity index (χ0v) is 18.4. The first-order chi connectivity index (χ1) is 15.1. The fourth-order valence-electron chi connectivity index (χ4n) is 5.30. The van der Waals surface area contributed by atoms with Crippen molar-refractivity contribution in [1.82, 2.24) is 30.1 Å². The van der Waals surface area contributed by atoms with Gasteiger partial charge in [-0.2, -0.15) is 5.10 Å². The number of aromatic nitrogens is 5. The molecule has 2 saturated heterocycles. The van der Waals surface area contributed by atoms with Gasteiger partial charge in [-0.05, 0) is 32.3 Å². The highest BCUT2D eigenvalue weighted by Gasteiger charge is 2.49. The van der Waals surface area contributed by atoms with Crippen LogP contribution in [0.2, 0.25) is 0 Å². The number of carbonyl (C=O) groups excluding carboxylic acids is 1. The van der Waals surface area contributed by atoms with Gasteiger partial charge < -0.3 is 14.8 Å². The fourth-order valence-corrected chi connectivity index (χ4v) is 5.30. The molecule has 2 aromatic heterocycles. The first-order valence-corrected chi connectivity index (χ1v) is 11.6. The molecule has 2 aromatic rings. The quantitative estimate of drug-likeness (QED) is 0.757. The van der Waals surface area contributed by atoms with Gasteiger partial charge in [-0.15, -0.1) is 5.10 Å². The van der Waals surface area contributed by atoms with Gasteiger partial charge in [-0.1, -0.05) is 37.3 Å². The maximum Gasteiger partial charge on any atom is 0.269 e. The van der Waals surface area contributed by atoms with Crippen molar-refractivity contribution in [2.75, 3.05) is 13.2 Å². The molecular weight excluding hydrogens is 396 g/mol. The van der Waals surface area contributed by atoms with Crippen LogP contribution in [0.3, 0.4) is 0 Å². The van der Waals surface area contributed by atoms with Crippen molar-refractivity contribution in [3.05, 3.63) is 29.3 Å². The number of nitrogens with zero attached hydrogens (tertiary/aromatic N) is 5. The van der Waals surface area contributed by atoms with Gasteiger partial charge >= 0.3 is 0 Å². The Kier molecular flexibility index (Phi) is 5.79. The van der Waals surface area contributed by atoms with Crippen molar-refractivity contribution in [3.63, 3.8) is 0 Å². The molecule has 31 heavy (non-hydrogen) atoms. The number of fused-ring (bicyclic) bond motifs is 1. The van der Waals surface area contributed by atoms with Gasteiger partial charge in [0.2, 0.25) is 0 Å².